The molecule has 1 saturated carbocycles. The van der Waals surface area contributed by atoms with E-state index >= 15 is 0 Å². The lowest BCUT2D eigenvalue weighted by molar-refractivity contribution is 0.0846. The number of nitrogens with zero attached hydrogens (tertiary/aromatic N) is 1. The Bertz CT molecular complexity index is 394. The van der Waals surface area contributed by atoms with Crippen LogP contribution in [0, 0.1) is 0 Å². The maximum absolute atomic E-state index is 6.17. The second-order valence-corrected chi connectivity index (χ2v) is 5.61. The zero-order valence-electron chi connectivity index (χ0n) is 11.8. The smallest absolute Gasteiger partial charge is 0.151 e. The van der Waals surface area contributed by atoms with Crippen LogP contribution in [0.5, 0.6) is 0 Å². The first-order valence-electron chi connectivity index (χ1n) is 7.24. The summed E-state index contributed by atoms with van der Waals surface area (Å²) < 4.78 is 5.48. The first kappa shape index (κ1) is 14.8. The van der Waals surface area contributed by atoms with Crippen molar-refractivity contribution in [3.63, 3.8) is 0 Å². The number of rotatable bonds is 7. The zero-order valence-corrected chi connectivity index (χ0v) is 12.6. The highest BCUT2D eigenvalue weighted by molar-refractivity contribution is 6.30. The number of nitrogens with one attached hydrogen (secondary N) is 2. The highest BCUT2D eigenvalue weighted by atomic mass is 35.5. The number of ether oxygens (including phenoxy) is 1. The molecule has 0 aromatic carbocycles. The fourth-order valence-corrected chi connectivity index (χ4v) is 2.91. The summed E-state index contributed by atoms with van der Waals surface area (Å²) in [6.45, 7) is 2.92. The summed E-state index contributed by atoms with van der Waals surface area (Å²) in [6, 6.07) is 0.434. The van der Waals surface area contributed by atoms with Gasteiger partial charge >= 0.3 is 0 Å². The zero-order chi connectivity index (χ0) is 13.7. The fourth-order valence-electron chi connectivity index (χ4n) is 2.69. The van der Waals surface area contributed by atoms with Gasteiger partial charge in [-0.1, -0.05) is 24.9 Å². The quantitative estimate of drug-likeness (QED) is 0.809. The van der Waals surface area contributed by atoms with Crippen LogP contribution in [0.25, 0.3) is 0 Å². The van der Waals surface area contributed by atoms with Crippen LogP contribution in [-0.2, 0) is 17.7 Å². The molecule has 2 atom stereocenters. The van der Waals surface area contributed by atoms with E-state index in [1.165, 1.54) is 19.3 Å². The van der Waals surface area contributed by atoms with Crippen molar-refractivity contribution in [3.8, 4) is 0 Å². The Balaban J connectivity index is 1.86. The van der Waals surface area contributed by atoms with Gasteiger partial charge in [-0.25, -0.2) is 4.98 Å². The van der Waals surface area contributed by atoms with E-state index in [4.69, 9.17) is 16.3 Å². The Morgan fingerprint density at radius 2 is 2.32 bits per heavy atom. The highest BCUT2D eigenvalue weighted by Gasteiger charge is 2.26. The van der Waals surface area contributed by atoms with Crippen molar-refractivity contribution in [2.75, 3.05) is 7.11 Å². The SMILES string of the molecule is CCCCc1nc(Cl)c(CNC2CCCC2OC)[nH]1. The lowest BCUT2D eigenvalue weighted by Crippen LogP contribution is -2.36. The number of halogens is 1. The average molecular weight is 286 g/mol. The predicted octanol–water partition coefficient (Wildman–Crippen LogP) is 3.06. The molecule has 5 heteroatoms. The van der Waals surface area contributed by atoms with E-state index < -0.39 is 0 Å². The fraction of sp³-hybridized carbons (Fsp3) is 0.786. The number of aryl methyl sites for hydroxylation is 1. The number of methoxy groups -OCH3 is 1. The largest absolute Gasteiger partial charge is 0.380 e. The van der Waals surface area contributed by atoms with E-state index in [1.807, 2.05) is 0 Å². The number of hydrogen-bond donors (Lipinski definition) is 2. The van der Waals surface area contributed by atoms with Crippen molar-refractivity contribution in [1.82, 2.24) is 15.3 Å². The maximum atomic E-state index is 6.17. The molecule has 2 rings (SSSR count). The van der Waals surface area contributed by atoms with Crippen LogP contribution < -0.4 is 5.32 Å². The minimum atomic E-state index is 0.334. The van der Waals surface area contributed by atoms with Gasteiger partial charge in [0.15, 0.2) is 5.15 Å². The number of hydrogen-bond acceptors (Lipinski definition) is 3. The lowest BCUT2D eigenvalue weighted by Gasteiger charge is -2.19. The van der Waals surface area contributed by atoms with Crippen LogP contribution in [0.1, 0.15) is 50.5 Å². The van der Waals surface area contributed by atoms with Gasteiger partial charge in [0.1, 0.15) is 5.82 Å². The summed E-state index contributed by atoms with van der Waals surface area (Å²) in [6.07, 6.45) is 7.17. The molecule has 1 aliphatic rings. The normalized spacial score (nSPS) is 23.1. The van der Waals surface area contributed by atoms with Gasteiger partial charge in [0.05, 0.1) is 11.8 Å². The first-order chi connectivity index (χ1) is 9.24. The molecule has 19 heavy (non-hydrogen) atoms. The second kappa shape index (κ2) is 7.27. The van der Waals surface area contributed by atoms with Gasteiger partial charge < -0.3 is 15.0 Å². The van der Waals surface area contributed by atoms with E-state index in [-0.39, 0.29) is 0 Å². The molecule has 1 aromatic heterocycles. The monoisotopic (exact) mass is 285 g/mol. The predicted molar refractivity (Wildman–Crippen MR) is 77.5 cm³/mol. The molecule has 1 fully saturated rings. The molecule has 2 N–H and O–H groups in total. The summed E-state index contributed by atoms with van der Waals surface area (Å²) >= 11 is 6.17. The van der Waals surface area contributed by atoms with E-state index in [9.17, 15) is 0 Å². The molecule has 1 aliphatic carbocycles. The van der Waals surface area contributed by atoms with E-state index in [0.29, 0.717) is 17.3 Å². The Morgan fingerprint density at radius 3 is 3.05 bits per heavy atom. The van der Waals surface area contributed by atoms with Crippen LogP contribution in [0.15, 0.2) is 0 Å². The molecule has 0 radical (unpaired) electrons. The molecule has 4 nitrogen and oxygen atoms in total. The van der Waals surface area contributed by atoms with Crippen molar-refractivity contribution >= 4 is 11.6 Å². The van der Waals surface area contributed by atoms with Crippen LogP contribution >= 0.6 is 11.6 Å². The van der Waals surface area contributed by atoms with Gasteiger partial charge in [-0.2, -0.15) is 0 Å². The molecule has 0 bridgehead atoms. The van der Waals surface area contributed by atoms with Crippen LogP contribution in [0.3, 0.4) is 0 Å². The summed E-state index contributed by atoms with van der Waals surface area (Å²) in [5.74, 6) is 0.998. The molecule has 1 heterocycles. The summed E-state index contributed by atoms with van der Waals surface area (Å²) in [4.78, 5) is 7.70. The third-order valence-electron chi connectivity index (χ3n) is 3.84. The van der Waals surface area contributed by atoms with Gasteiger partial charge in [0.2, 0.25) is 0 Å². The van der Waals surface area contributed by atoms with E-state index in [0.717, 1.165) is 37.3 Å². The van der Waals surface area contributed by atoms with Crippen LogP contribution in [0.4, 0.5) is 0 Å². The molecule has 0 amide bonds. The number of H-pyrrole nitrogens is 1. The lowest BCUT2D eigenvalue weighted by atomic mass is 10.2. The van der Waals surface area contributed by atoms with Crippen molar-refractivity contribution in [1.29, 1.82) is 0 Å². The van der Waals surface area contributed by atoms with E-state index in [2.05, 4.69) is 22.2 Å². The third kappa shape index (κ3) is 3.94. The minimum Gasteiger partial charge on any atom is -0.380 e. The molecular formula is C14H24ClN3O. The first-order valence-corrected chi connectivity index (χ1v) is 7.61. The Morgan fingerprint density at radius 1 is 1.47 bits per heavy atom. The Hall–Kier alpha value is -0.580. The summed E-state index contributed by atoms with van der Waals surface area (Å²) in [5, 5.41) is 4.13. The number of aromatic nitrogens is 2. The number of unbranched alkanes of at least 4 members (excludes halogenated alkanes) is 1. The Labute approximate surface area is 120 Å². The van der Waals surface area contributed by atoms with Crippen LogP contribution in [-0.4, -0.2) is 29.2 Å². The topological polar surface area (TPSA) is 49.9 Å². The van der Waals surface area contributed by atoms with Crippen LogP contribution in [0.2, 0.25) is 5.15 Å². The third-order valence-corrected chi connectivity index (χ3v) is 4.15. The number of imidazole rings is 1. The molecule has 0 spiro atoms. The highest BCUT2D eigenvalue weighted by Crippen LogP contribution is 2.22. The molecule has 0 aliphatic heterocycles. The maximum Gasteiger partial charge on any atom is 0.151 e. The van der Waals surface area contributed by atoms with Gasteiger partial charge in [0.25, 0.3) is 0 Å². The molecule has 0 saturated heterocycles. The minimum absolute atomic E-state index is 0.334. The average Bonchev–Trinajstić information content (AvgIpc) is 3.00. The van der Waals surface area contributed by atoms with Gasteiger partial charge in [-0.3, -0.25) is 0 Å². The van der Waals surface area contributed by atoms with Gasteiger partial charge in [0, 0.05) is 26.1 Å². The molecular weight excluding hydrogens is 262 g/mol. The van der Waals surface area contributed by atoms with Crippen molar-refractivity contribution in [2.45, 2.75) is 64.1 Å². The van der Waals surface area contributed by atoms with Crippen molar-refractivity contribution in [2.24, 2.45) is 0 Å². The van der Waals surface area contributed by atoms with Crippen molar-refractivity contribution < 1.29 is 4.74 Å². The molecule has 108 valence electrons. The Kier molecular flexibility index (Phi) is 5.67. The number of aromatic amines is 1. The van der Waals surface area contributed by atoms with Gasteiger partial charge in [-0.05, 0) is 25.7 Å². The summed E-state index contributed by atoms with van der Waals surface area (Å²) in [7, 11) is 1.79. The van der Waals surface area contributed by atoms with E-state index in [1.54, 1.807) is 7.11 Å². The van der Waals surface area contributed by atoms with Crippen molar-refractivity contribution in [3.05, 3.63) is 16.7 Å². The van der Waals surface area contributed by atoms with Gasteiger partial charge in [-0.15, -0.1) is 0 Å². The molecule has 2 unspecified atom stereocenters. The standard InChI is InChI=1S/C14H24ClN3O/c1-3-4-8-13-17-11(14(15)18-13)9-16-10-6-5-7-12(10)19-2/h10,12,16H,3-9H2,1-2H3,(H,17,18). The molecule has 1 aromatic rings. The second-order valence-electron chi connectivity index (χ2n) is 5.25. The summed E-state index contributed by atoms with van der Waals surface area (Å²) in [5.41, 5.74) is 0.995.